The van der Waals surface area contributed by atoms with E-state index in [4.69, 9.17) is 0 Å². The fourth-order valence-electron chi connectivity index (χ4n) is 3.77. The lowest BCUT2D eigenvalue weighted by atomic mass is 9.96. The minimum Gasteiger partial charge on any atom is -0.342 e. The van der Waals surface area contributed by atoms with Crippen LogP contribution in [0.25, 0.3) is 0 Å². The zero-order valence-electron chi connectivity index (χ0n) is 17.8. The van der Waals surface area contributed by atoms with Gasteiger partial charge in [-0.05, 0) is 67.6 Å². The molecule has 0 aromatic heterocycles. The first-order valence-corrected chi connectivity index (χ1v) is 11.0. The van der Waals surface area contributed by atoms with Gasteiger partial charge >= 0.3 is 6.03 Å². The highest BCUT2D eigenvalue weighted by Gasteiger charge is 2.28. The molecule has 1 aliphatic carbocycles. The van der Waals surface area contributed by atoms with Crippen LogP contribution in [0.4, 0.5) is 20.6 Å². The van der Waals surface area contributed by atoms with Gasteiger partial charge in [-0.2, -0.15) is 0 Å². The summed E-state index contributed by atoms with van der Waals surface area (Å²) in [5, 5.41) is 8.53. The number of carbonyl (C=O) groups is 3. The number of hydrogen-bond acceptors (Lipinski definition) is 3. The van der Waals surface area contributed by atoms with Crippen molar-refractivity contribution in [3.8, 4) is 0 Å². The zero-order valence-corrected chi connectivity index (χ0v) is 17.8. The molecule has 7 nitrogen and oxygen atoms in total. The molecule has 0 spiro atoms. The Labute approximate surface area is 186 Å². The molecular formula is C24H27FN4O3. The topological polar surface area (TPSA) is 90.5 Å². The normalized spacial score (nSPS) is 18.0. The van der Waals surface area contributed by atoms with E-state index in [-0.39, 0.29) is 42.0 Å². The van der Waals surface area contributed by atoms with Gasteiger partial charge in [0, 0.05) is 30.5 Å². The van der Waals surface area contributed by atoms with Crippen LogP contribution >= 0.6 is 0 Å². The van der Waals surface area contributed by atoms with Crippen molar-refractivity contribution in [1.82, 2.24) is 10.2 Å². The lowest BCUT2D eigenvalue weighted by Gasteiger charge is -2.32. The summed E-state index contributed by atoms with van der Waals surface area (Å²) in [5.41, 5.74) is 2.04. The van der Waals surface area contributed by atoms with E-state index < -0.39 is 0 Å². The maximum Gasteiger partial charge on any atom is 0.319 e. The molecule has 2 aromatic rings. The number of nitrogens with one attached hydrogen (secondary N) is 3. The van der Waals surface area contributed by atoms with Gasteiger partial charge in [-0.15, -0.1) is 0 Å². The Bertz CT molecular complexity index is 974. The van der Waals surface area contributed by atoms with Gasteiger partial charge in [-0.25, -0.2) is 9.18 Å². The van der Waals surface area contributed by atoms with Gasteiger partial charge in [0.25, 0.3) is 0 Å². The van der Waals surface area contributed by atoms with E-state index in [0.29, 0.717) is 30.9 Å². The monoisotopic (exact) mass is 438 g/mol. The lowest BCUT2D eigenvalue weighted by Crippen LogP contribution is -2.44. The molecule has 2 fully saturated rings. The molecule has 1 aliphatic heterocycles. The van der Waals surface area contributed by atoms with Crippen LogP contribution in [0, 0.1) is 11.7 Å². The number of anilines is 2. The largest absolute Gasteiger partial charge is 0.342 e. The van der Waals surface area contributed by atoms with Crippen LogP contribution in [0.15, 0.2) is 48.5 Å². The summed E-state index contributed by atoms with van der Waals surface area (Å²) in [4.78, 5) is 38.9. The molecule has 32 heavy (non-hydrogen) atoms. The molecular weight excluding hydrogens is 411 g/mol. The maximum atomic E-state index is 13.1. The Balaban J connectivity index is 1.27. The van der Waals surface area contributed by atoms with Gasteiger partial charge < -0.3 is 20.9 Å². The predicted octanol–water partition coefficient (Wildman–Crippen LogP) is 3.53. The number of likely N-dealkylation sites (tertiary alicyclic amines) is 1. The molecule has 2 aromatic carbocycles. The van der Waals surface area contributed by atoms with Crippen molar-refractivity contribution in [1.29, 1.82) is 0 Å². The third-order valence-electron chi connectivity index (χ3n) is 5.74. The minimum absolute atomic E-state index is 0.0611. The summed E-state index contributed by atoms with van der Waals surface area (Å²) in [6.45, 7) is 0.986. The summed E-state index contributed by atoms with van der Waals surface area (Å²) in [7, 11) is 0. The van der Waals surface area contributed by atoms with Crippen LogP contribution < -0.4 is 16.0 Å². The van der Waals surface area contributed by atoms with E-state index in [9.17, 15) is 18.8 Å². The van der Waals surface area contributed by atoms with Gasteiger partial charge in [-0.3, -0.25) is 9.59 Å². The van der Waals surface area contributed by atoms with E-state index in [0.717, 1.165) is 24.8 Å². The molecule has 4 rings (SSSR count). The zero-order chi connectivity index (χ0) is 22.5. The average molecular weight is 439 g/mol. The summed E-state index contributed by atoms with van der Waals surface area (Å²) in [6.07, 6.45) is 3.71. The lowest BCUT2D eigenvalue weighted by molar-refractivity contribution is -0.133. The third kappa shape index (κ3) is 6.06. The highest BCUT2D eigenvalue weighted by atomic mass is 19.1. The molecule has 1 saturated heterocycles. The van der Waals surface area contributed by atoms with Crippen molar-refractivity contribution < 1.29 is 18.8 Å². The number of urea groups is 1. The quantitative estimate of drug-likeness (QED) is 0.645. The average Bonchev–Trinajstić information content (AvgIpc) is 3.60. The number of hydrogen-bond donors (Lipinski definition) is 3. The van der Waals surface area contributed by atoms with Crippen LogP contribution in [0.1, 0.15) is 31.2 Å². The summed E-state index contributed by atoms with van der Waals surface area (Å²) in [6, 6.07) is 12.9. The Morgan fingerprint density at radius 1 is 0.906 bits per heavy atom. The number of carbonyl (C=O) groups excluding carboxylic acids is 3. The van der Waals surface area contributed by atoms with E-state index in [1.807, 2.05) is 0 Å². The van der Waals surface area contributed by atoms with E-state index in [1.165, 1.54) is 12.1 Å². The van der Waals surface area contributed by atoms with Gasteiger partial charge in [0.15, 0.2) is 0 Å². The fourth-order valence-corrected chi connectivity index (χ4v) is 3.77. The first-order chi connectivity index (χ1) is 15.5. The number of rotatable bonds is 6. The van der Waals surface area contributed by atoms with Gasteiger partial charge in [0.1, 0.15) is 5.82 Å². The van der Waals surface area contributed by atoms with Crippen LogP contribution in [0.5, 0.6) is 0 Å². The molecule has 1 heterocycles. The smallest absolute Gasteiger partial charge is 0.319 e. The Hall–Kier alpha value is -3.42. The molecule has 1 saturated carbocycles. The predicted molar refractivity (Wildman–Crippen MR) is 120 cm³/mol. The molecule has 4 amide bonds. The Morgan fingerprint density at radius 2 is 1.56 bits per heavy atom. The number of nitrogens with zero attached hydrogens (tertiary/aromatic N) is 1. The van der Waals surface area contributed by atoms with E-state index >= 15 is 0 Å². The number of amides is 4. The number of halogens is 1. The maximum absolute atomic E-state index is 13.1. The van der Waals surface area contributed by atoms with Crippen molar-refractivity contribution in [3.05, 3.63) is 59.9 Å². The first-order valence-electron chi connectivity index (χ1n) is 11.0. The van der Waals surface area contributed by atoms with Crippen molar-refractivity contribution >= 4 is 29.2 Å². The molecule has 3 N–H and O–H groups in total. The second kappa shape index (κ2) is 9.80. The van der Waals surface area contributed by atoms with Crippen molar-refractivity contribution in [2.45, 2.75) is 38.1 Å². The Kier molecular flexibility index (Phi) is 6.68. The number of benzene rings is 2. The number of piperidine rings is 1. The highest BCUT2D eigenvalue weighted by molar-refractivity contribution is 5.94. The Morgan fingerprint density at radius 3 is 2.22 bits per heavy atom. The summed E-state index contributed by atoms with van der Waals surface area (Å²) < 4.78 is 13.1. The van der Waals surface area contributed by atoms with Crippen molar-refractivity contribution in [2.75, 3.05) is 23.7 Å². The SMILES string of the molecule is O=C(Nc1ccc(NC(=O)C2CCCN(C(=O)Cc3ccc(F)cc3)C2)cc1)NC1CC1. The third-order valence-corrected chi connectivity index (χ3v) is 5.74. The van der Waals surface area contributed by atoms with E-state index in [1.54, 1.807) is 41.3 Å². The van der Waals surface area contributed by atoms with Crippen molar-refractivity contribution in [3.63, 3.8) is 0 Å². The minimum atomic E-state index is -0.332. The molecule has 2 aliphatic rings. The second-order valence-corrected chi connectivity index (χ2v) is 8.42. The second-order valence-electron chi connectivity index (χ2n) is 8.42. The van der Waals surface area contributed by atoms with Gasteiger partial charge in [0.2, 0.25) is 11.8 Å². The molecule has 0 bridgehead atoms. The molecule has 1 atom stereocenters. The highest BCUT2D eigenvalue weighted by Crippen LogP contribution is 2.22. The standard InChI is InChI=1S/C24H27FN4O3/c25-18-5-3-16(4-6-18)14-22(30)29-13-1-2-17(15-29)23(31)26-19-7-9-20(10-8-19)27-24(32)28-21-11-12-21/h3-10,17,21H,1-2,11-15H2,(H,26,31)(H2,27,28,32). The van der Waals surface area contributed by atoms with Gasteiger partial charge in [0.05, 0.1) is 12.3 Å². The summed E-state index contributed by atoms with van der Waals surface area (Å²) in [5.74, 6) is -0.810. The molecule has 8 heteroatoms. The fraction of sp³-hybridized carbons (Fsp3) is 0.375. The van der Waals surface area contributed by atoms with E-state index in [2.05, 4.69) is 16.0 Å². The molecule has 0 radical (unpaired) electrons. The van der Waals surface area contributed by atoms with Crippen LogP contribution in [0.3, 0.4) is 0 Å². The first kappa shape index (κ1) is 21.8. The summed E-state index contributed by atoms with van der Waals surface area (Å²) >= 11 is 0. The van der Waals surface area contributed by atoms with Crippen LogP contribution in [-0.2, 0) is 16.0 Å². The van der Waals surface area contributed by atoms with Crippen molar-refractivity contribution in [2.24, 2.45) is 5.92 Å². The van der Waals surface area contributed by atoms with Crippen LogP contribution in [0.2, 0.25) is 0 Å². The molecule has 168 valence electrons. The molecule has 1 unspecified atom stereocenters. The van der Waals surface area contributed by atoms with Gasteiger partial charge in [-0.1, -0.05) is 12.1 Å². The van der Waals surface area contributed by atoms with Crippen LogP contribution in [-0.4, -0.2) is 41.9 Å².